The van der Waals surface area contributed by atoms with Gasteiger partial charge in [-0.25, -0.2) is 0 Å². The van der Waals surface area contributed by atoms with Gasteiger partial charge in [0.05, 0.1) is 13.2 Å². The second-order valence-corrected chi connectivity index (χ2v) is 5.80. The van der Waals surface area contributed by atoms with Gasteiger partial charge in [0.1, 0.15) is 0 Å². The van der Waals surface area contributed by atoms with Gasteiger partial charge in [-0.15, -0.1) is 0 Å². The molecule has 6 nitrogen and oxygen atoms in total. The van der Waals surface area contributed by atoms with Gasteiger partial charge in [-0.2, -0.15) is 0 Å². The molecule has 1 saturated heterocycles. The lowest BCUT2D eigenvalue weighted by molar-refractivity contribution is -0.122. The highest BCUT2D eigenvalue weighted by Crippen LogP contribution is 2.15. The molecule has 0 spiro atoms. The van der Waals surface area contributed by atoms with E-state index in [1.165, 1.54) is 0 Å². The van der Waals surface area contributed by atoms with E-state index >= 15 is 0 Å². The first-order valence-corrected chi connectivity index (χ1v) is 7.26. The molecule has 1 aromatic rings. The van der Waals surface area contributed by atoms with Crippen molar-refractivity contribution in [3.05, 3.63) is 30.1 Å². The summed E-state index contributed by atoms with van der Waals surface area (Å²) in [4.78, 5) is 20.1. The van der Waals surface area contributed by atoms with Crippen molar-refractivity contribution in [3.8, 4) is 0 Å². The summed E-state index contributed by atoms with van der Waals surface area (Å²) in [6, 6.07) is 4.19. The van der Waals surface area contributed by atoms with Crippen molar-refractivity contribution in [2.45, 2.75) is 25.0 Å². The number of nitrogens with zero attached hydrogens (tertiary/aromatic N) is 3. The first-order valence-electron chi connectivity index (χ1n) is 7.26. The Morgan fingerprint density at radius 2 is 2.24 bits per heavy atom. The fourth-order valence-corrected chi connectivity index (χ4v) is 2.77. The van der Waals surface area contributed by atoms with Crippen LogP contribution in [-0.2, 0) is 11.3 Å². The normalized spacial score (nSPS) is 22.7. The van der Waals surface area contributed by atoms with Gasteiger partial charge < -0.3 is 10.4 Å². The van der Waals surface area contributed by atoms with Gasteiger partial charge in [-0.05, 0) is 38.2 Å². The minimum Gasteiger partial charge on any atom is -0.395 e. The fourth-order valence-electron chi connectivity index (χ4n) is 2.77. The van der Waals surface area contributed by atoms with Gasteiger partial charge >= 0.3 is 0 Å². The third kappa shape index (κ3) is 4.77. The second kappa shape index (κ2) is 7.49. The van der Waals surface area contributed by atoms with Crippen LogP contribution in [0.3, 0.4) is 0 Å². The first-order chi connectivity index (χ1) is 10.1. The lowest BCUT2D eigenvalue weighted by Crippen LogP contribution is -2.41. The number of carbonyl (C=O) groups is 1. The molecule has 2 rings (SSSR count). The Morgan fingerprint density at radius 3 is 2.86 bits per heavy atom. The highest BCUT2D eigenvalue weighted by atomic mass is 16.3. The molecule has 116 valence electrons. The van der Waals surface area contributed by atoms with Gasteiger partial charge in [0.2, 0.25) is 5.91 Å². The number of aliphatic hydroxyl groups is 1. The number of hydrogen-bond acceptors (Lipinski definition) is 5. The predicted octanol–water partition coefficient (Wildman–Crippen LogP) is -0.305. The van der Waals surface area contributed by atoms with Crippen molar-refractivity contribution in [3.63, 3.8) is 0 Å². The van der Waals surface area contributed by atoms with E-state index in [0.717, 1.165) is 25.1 Å². The average molecular weight is 292 g/mol. The molecule has 1 aromatic heterocycles. The van der Waals surface area contributed by atoms with E-state index in [4.69, 9.17) is 0 Å². The van der Waals surface area contributed by atoms with E-state index in [9.17, 15) is 9.90 Å². The lowest BCUT2D eigenvalue weighted by atomic mass is 10.2. The molecule has 0 unspecified atom stereocenters. The van der Waals surface area contributed by atoms with Crippen LogP contribution in [0.15, 0.2) is 24.5 Å². The number of hydrogen-bond donors (Lipinski definition) is 2. The van der Waals surface area contributed by atoms with Crippen LogP contribution >= 0.6 is 0 Å². The van der Waals surface area contributed by atoms with Gasteiger partial charge in [-0.3, -0.25) is 19.6 Å². The van der Waals surface area contributed by atoms with Crippen LogP contribution in [0, 0.1) is 0 Å². The minimum absolute atomic E-state index is 0.0311. The molecule has 2 atom stereocenters. The van der Waals surface area contributed by atoms with Crippen molar-refractivity contribution in [2.24, 2.45) is 0 Å². The maximum atomic E-state index is 12.1. The van der Waals surface area contributed by atoms with Gasteiger partial charge in [-0.1, -0.05) is 0 Å². The van der Waals surface area contributed by atoms with Crippen molar-refractivity contribution in [1.29, 1.82) is 0 Å². The zero-order valence-corrected chi connectivity index (χ0v) is 12.7. The summed E-state index contributed by atoms with van der Waals surface area (Å²) >= 11 is 0. The number of carbonyl (C=O) groups excluding carboxylic acids is 1. The summed E-state index contributed by atoms with van der Waals surface area (Å²) in [6.45, 7) is 2.03. The number of aromatic nitrogens is 1. The molecular weight excluding hydrogens is 268 g/mol. The summed E-state index contributed by atoms with van der Waals surface area (Å²) in [5.74, 6) is 0.0311. The Balaban J connectivity index is 1.74. The van der Waals surface area contributed by atoms with E-state index < -0.39 is 0 Å². The van der Waals surface area contributed by atoms with E-state index in [1.54, 1.807) is 12.4 Å². The molecule has 0 aromatic carbocycles. The monoisotopic (exact) mass is 292 g/mol. The largest absolute Gasteiger partial charge is 0.395 e. The highest BCUT2D eigenvalue weighted by molar-refractivity contribution is 5.78. The van der Waals surface area contributed by atoms with Crippen molar-refractivity contribution in [2.75, 3.05) is 33.8 Å². The molecule has 6 heteroatoms. The molecule has 1 aliphatic rings. The Hall–Kier alpha value is -1.50. The third-order valence-corrected chi connectivity index (χ3v) is 3.88. The van der Waals surface area contributed by atoms with Crippen molar-refractivity contribution in [1.82, 2.24) is 20.1 Å². The lowest BCUT2D eigenvalue weighted by Gasteiger charge is -2.18. The Morgan fingerprint density at radius 1 is 1.52 bits per heavy atom. The van der Waals surface area contributed by atoms with Crippen LogP contribution < -0.4 is 5.32 Å². The zero-order valence-electron chi connectivity index (χ0n) is 12.7. The molecule has 0 bridgehead atoms. The summed E-state index contributed by atoms with van der Waals surface area (Å²) in [5.41, 5.74) is 1.14. The molecule has 1 fully saturated rings. The van der Waals surface area contributed by atoms with Crippen LogP contribution in [-0.4, -0.2) is 71.7 Å². The molecule has 21 heavy (non-hydrogen) atoms. The van der Waals surface area contributed by atoms with E-state index in [1.807, 2.05) is 31.1 Å². The minimum atomic E-state index is 0.0311. The highest BCUT2D eigenvalue weighted by Gasteiger charge is 2.29. The van der Waals surface area contributed by atoms with Gasteiger partial charge in [0.25, 0.3) is 0 Å². The smallest absolute Gasteiger partial charge is 0.234 e. The predicted molar refractivity (Wildman–Crippen MR) is 80.6 cm³/mol. The molecule has 2 N–H and O–H groups in total. The van der Waals surface area contributed by atoms with Gasteiger partial charge in [0.15, 0.2) is 0 Å². The Kier molecular flexibility index (Phi) is 5.67. The SMILES string of the molecule is CN(CC(=O)N[C@@H]1C[C@@H](CO)N(C)C1)Cc1ccncc1. The summed E-state index contributed by atoms with van der Waals surface area (Å²) in [7, 11) is 3.90. The maximum absolute atomic E-state index is 12.1. The van der Waals surface area contributed by atoms with E-state index in [-0.39, 0.29) is 24.6 Å². The van der Waals surface area contributed by atoms with Crippen LogP contribution in [0.25, 0.3) is 0 Å². The number of pyridine rings is 1. The quantitative estimate of drug-likeness (QED) is 0.753. The van der Waals surface area contributed by atoms with Crippen LogP contribution in [0.1, 0.15) is 12.0 Å². The molecule has 0 aliphatic carbocycles. The number of likely N-dealkylation sites (tertiary alicyclic amines) is 1. The Labute approximate surface area is 125 Å². The molecule has 0 saturated carbocycles. The third-order valence-electron chi connectivity index (χ3n) is 3.88. The van der Waals surface area contributed by atoms with Crippen LogP contribution in [0.4, 0.5) is 0 Å². The van der Waals surface area contributed by atoms with E-state index in [2.05, 4.69) is 15.2 Å². The number of nitrogens with one attached hydrogen (secondary N) is 1. The molecule has 0 radical (unpaired) electrons. The van der Waals surface area contributed by atoms with Crippen molar-refractivity contribution >= 4 is 5.91 Å². The molecule has 1 aliphatic heterocycles. The zero-order chi connectivity index (χ0) is 15.2. The molecule has 2 heterocycles. The standard InChI is InChI=1S/C15H24N4O2/c1-18(8-12-3-5-16-6-4-12)10-15(21)17-13-7-14(11-20)19(2)9-13/h3-6,13-14,20H,7-11H2,1-2H3,(H,17,21)/t13-,14+/m1/s1. The molecular formula is C15H24N4O2. The second-order valence-electron chi connectivity index (χ2n) is 5.80. The summed E-state index contributed by atoms with van der Waals surface area (Å²) in [6.07, 6.45) is 4.33. The summed E-state index contributed by atoms with van der Waals surface area (Å²) < 4.78 is 0. The number of aliphatic hydroxyl groups excluding tert-OH is 1. The number of amides is 1. The molecule has 1 amide bonds. The topological polar surface area (TPSA) is 68.7 Å². The average Bonchev–Trinajstić information content (AvgIpc) is 2.79. The maximum Gasteiger partial charge on any atom is 0.234 e. The van der Waals surface area contributed by atoms with Crippen molar-refractivity contribution < 1.29 is 9.90 Å². The summed E-state index contributed by atoms with van der Waals surface area (Å²) in [5, 5.41) is 12.3. The first kappa shape index (κ1) is 15.9. The Bertz CT molecular complexity index is 454. The van der Waals surface area contributed by atoms with Gasteiger partial charge in [0, 0.05) is 37.6 Å². The number of rotatable bonds is 6. The van der Waals surface area contributed by atoms with Crippen LogP contribution in [0.5, 0.6) is 0 Å². The van der Waals surface area contributed by atoms with Crippen LogP contribution in [0.2, 0.25) is 0 Å². The fraction of sp³-hybridized carbons (Fsp3) is 0.600. The van der Waals surface area contributed by atoms with E-state index in [0.29, 0.717) is 6.54 Å². The number of likely N-dealkylation sites (N-methyl/N-ethyl adjacent to an activating group) is 2.